The summed E-state index contributed by atoms with van der Waals surface area (Å²) >= 11 is 0. The molecule has 0 aliphatic heterocycles. The molecule has 6 heteroatoms. The number of rotatable bonds is 7. The van der Waals surface area contributed by atoms with Crippen LogP contribution in [0.15, 0.2) is 24.3 Å². The van der Waals surface area contributed by atoms with Gasteiger partial charge in [0.05, 0.1) is 17.4 Å². The molecule has 0 spiro atoms. The molecule has 0 aromatic heterocycles. The monoisotopic (exact) mass is 282 g/mol. The van der Waals surface area contributed by atoms with Crippen molar-refractivity contribution in [1.82, 2.24) is 4.31 Å². The van der Waals surface area contributed by atoms with Gasteiger partial charge in [0.15, 0.2) is 0 Å². The van der Waals surface area contributed by atoms with Crippen LogP contribution in [0.1, 0.15) is 17.5 Å². The van der Waals surface area contributed by atoms with Gasteiger partial charge >= 0.3 is 0 Å². The summed E-state index contributed by atoms with van der Waals surface area (Å²) in [6, 6.07) is 8.74. The van der Waals surface area contributed by atoms with Crippen molar-refractivity contribution in [2.45, 2.75) is 12.2 Å². The molecule has 0 saturated heterocycles. The minimum Gasteiger partial charge on any atom is -0.385 e. The standard InChI is InChI=1S/C13H18N2O3S/c1-15(8-5-9-18-2)19(16,17)11-13-7-4-3-6-12(13)10-14/h3-4,6-7H,5,8-9,11H2,1-2H3. The van der Waals surface area contributed by atoms with Gasteiger partial charge in [-0.3, -0.25) is 0 Å². The third kappa shape index (κ3) is 4.63. The normalized spacial score (nSPS) is 11.5. The summed E-state index contributed by atoms with van der Waals surface area (Å²) in [7, 11) is -0.277. The van der Waals surface area contributed by atoms with Gasteiger partial charge in [-0.1, -0.05) is 18.2 Å². The Morgan fingerprint density at radius 2 is 2.05 bits per heavy atom. The summed E-state index contributed by atoms with van der Waals surface area (Å²) in [5.74, 6) is -0.153. The third-order valence-corrected chi connectivity index (χ3v) is 4.58. The molecule has 104 valence electrons. The maximum absolute atomic E-state index is 12.1. The van der Waals surface area contributed by atoms with Gasteiger partial charge < -0.3 is 4.74 Å². The van der Waals surface area contributed by atoms with E-state index in [0.29, 0.717) is 30.7 Å². The molecular formula is C13H18N2O3S. The molecule has 1 aromatic carbocycles. The summed E-state index contributed by atoms with van der Waals surface area (Å²) in [4.78, 5) is 0. The van der Waals surface area contributed by atoms with E-state index in [1.54, 1.807) is 38.4 Å². The van der Waals surface area contributed by atoms with Crippen LogP contribution >= 0.6 is 0 Å². The predicted molar refractivity (Wildman–Crippen MR) is 72.9 cm³/mol. The molecule has 1 aromatic rings. The first-order valence-electron chi connectivity index (χ1n) is 5.92. The van der Waals surface area contributed by atoms with Gasteiger partial charge in [0, 0.05) is 27.3 Å². The van der Waals surface area contributed by atoms with Gasteiger partial charge in [-0.25, -0.2) is 12.7 Å². The fourth-order valence-corrected chi connectivity index (χ4v) is 2.90. The minimum absolute atomic E-state index is 0.153. The predicted octanol–water partition coefficient (Wildman–Crippen LogP) is 1.36. The molecule has 5 nitrogen and oxygen atoms in total. The van der Waals surface area contributed by atoms with Crippen molar-refractivity contribution in [2.75, 3.05) is 27.3 Å². The summed E-state index contributed by atoms with van der Waals surface area (Å²) in [6.07, 6.45) is 0.645. The molecule has 0 bridgehead atoms. The SMILES string of the molecule is COCCCN(C)S(=O)(=O)Cc1ccccc1C#N. The molecule has 0 fully saturated rings. The molecule has 0 radical (unpaired) electrons. The average molecular weight is 282 g/mol. The number of benzene rings is 1. The summed E-state index contributed by atoms with van der Waals surface area (Å²) in [6.45, 7) is 0.930. The van der Waals surface area contributed by atoms with Gasteiger partial charge in [0.25, 0.3) is 0 Å². The lowest BCUT2D eigenvalue weighted by atomic mass is 10.1. The van der Waals surface area contributed by atoms with E-state index in [-0.39, 0.29) is 5.75 Å². The quantitative estimate of drug-likeness (QED) is 0.708. The zero-order valence-electron chi connectivity index (χ0n) is 11.2. The van der Waals surface area contributed by atoms with Crippen molar-refractivity contribution in [3.8, 4) is 6.07 Å². The number of nitriles is 1. The largest absolute Gasteiger partial charge is 0.385 e. The Bertz CT molecular complexity index is 549. The van der Waals surface area contributed by atoms with Crippen LogP contribution < -0.4 is 0 Å². The van der Waals surface area contributed by atoms with Crippen molar-refractivity contribution < 1.29 is 13.2 Å². The Morgan fingerprint density at radius 3 is 2.68 bits per heavy atom. The zero-order valence-corrected chi connectivity index (χ0v) is 12.0. The van der Waals surface area contributed by atoms with E-state index in [0.717, 1.165) is 0 Å². The number of hydrogen-bond acceptors (Lipinski definition) is 4. The second kappa shape index (κ2) is 7.24. The van der Waals surface area contributed by atoms with Crippen LogP contribution in [0.2, 0.25) is 0 Å². The topological polar surface area (TPSA) is 70.4 Å². The fourth-order valence-electron chi connectivity index (χ4n) is 1.63. The molecule has 0 saturated carbocycles. The van der Waals surface area contributed by atoms with Gasteiger partial charge in [0.1, 0.15) is 0 Å². The van der Waals surface area contributed by atoms with Crippen LogP contribution in [-0.2, 0) is 20.5 Å². The van der Waals surface area contributed by atoms with Crippen LogP contribution in [0.5, 0.6) is 0 Å². The van der Waals surface area contributed by atoms with E-state index in [4.69, 9.17) is 10.00 Å². The van der Waals surface area contributed by atoms with E-state index in [1.807, 2.05) is 6.07 Å². The Labute approximate surface area is 114 Å². The first-order chi connectivity index (χ1) is 9.01. The van der Waals surface area contributed by atoms with Gasteiger partial charge in [-0.05, 0) is 18.1 Å². The maximum atomic E-state index is 12.1. The molecule has 0 heterocycles. The molecular weight excluding hydrogens is 264 g/mol. The number of ether oxygens (including phenoxy) is 1. The van der Waals surface area contributed by atoms with Crippen LogP contribution in [0, 0.1) is 11.3 Å². The molecule has 0 atom stereocenters. The lowest BCUT2D eigenvalue weighted by Crippen LogP contribution is -2.29. The van der Waals surface area contributed by atoms with Crippen molar-refractivity contribution in [3.63, 3.8) is 0 Å². The van der Waals surface area contributed by atoms with E-state index in [2.05, 4.69) is 0 Å². The Morgan fingerprint density at radius 1 is 1.37 bits per heavy atom. The van der Waals surface area contributed by atoms with Gasteiger partial charge in [-0.2, -0.15) is 5.26 Å². The van der Waals surface area contributed by atoms with Gasteiger partial charge in [0.2, 0.25) is 10.0 Å². The lowest BCUT2D eigenvalue weighted by molar-refractivity contribution is 0.189. The number of sulfonamides is 1. The molecule has 1 rings (SSSR count). The highest BCUT2D eigenvalue weighted by Crippen LogP contribution is 2.14. The van der Waals surface area contributed by atoms with E-state index in [9.17, 15) is 8.42 Å². The molecule has 0 N–H and O–H groups in total. The number of methoxy groups -OCH3 is 1. The third-order valence-electron chi connectivity index (χ3n) is 2.77. The first-order valence-corrected chi connectivity index (χ1v) is 7.53. The van der Waals surface area contributed by atoms with Crippen molar-refractivity contribution in [3.05, 3.63) is 35.4 Å². The van der Waals surface area contributed by atoms with Gasteiger partial charge in [-0.15, -0.1) is 0 Å². The molecule has 0 aliphatic carbocycles. The summed E-state index contributed by atoms with van der Waals surface area (Å²) in [5.41, 5.74) is 0.931. The Hall–Kier alpha value is -1.42. The van der Waals surface area contributed by atoms with E-state index >= 15 is 0 Å². The highest BCUT2D eigenvalue weighted by Gasteiger charge is 2.19. The molecule has 19 heavy (non-hydrogen) atoms. The van der Waals surface area contributed by atoms with Crippen LogP contribution in [0.3, 0.4) is 0 Å². The zero-order chi connectivity index (χ0) is 14.3. The summed E-state index contributed by atoms with van der Waals surface area (Å²) in [5, 5.41) is 8.95. The smallest absolute Gasteiger partial charge is 0.218 e. The minimum atomic E-state index is -3.40. The summed E-state index contributed by atoms with van der Waals surface area (Å²) < 4.78 is 30.5. The van der Waals surface area contributed by atoms with Crippen molar-refractivity contribution >= 4 is 10.0 Å². The lowest BCUT2D eigenvalue weighted by Gasteiger charge is -2.17. The Balaban J connectivity index is 2.76. The molecule has 0 amide bonds. The highest BCUT2D eigenvalue weighted by molar-refractivity contribution is 7.88. The highest BCUT2D eigenvalue weighted by atomic mass is 32.2. The van der Waals surface area contributed by atoms with Crippen molar-refractivity contribution in [1.29, 1.82) is 5.26 Å². The van der Waals surface area contributed by atoms with Crippen LogP contribution in [0.4, 0.5) is 0 Å². The second-order valence-corrected chi connectivity index (χ2v) is 6.27. The first kappa shape index (κ1) is 15.6. The van der Waals surface area contributed by atoms with Crippen molar-refractivity contribution in [2.24, 2.45) is 0 Å². The average Bonchev–Trinajstić information content (AvgIpc) is 2.39. The van der Waals surface area contributed by atoms with E-state index < -0.39 is 10.0 Å². The molecule has 0 aliphatic rings. The number of nitrogens with zero attached hydrogens (tertiary/aromatic N) is 2. The Kier molecular flexibility index (Phi) is 5.96. The maximum Gasteiger partial charge on any atom is 0.218 e. The molecule has 0 unspecified atom stereocenters. The van der Waals surface area contributed by atoms with Crippen LogP contribution in [-0.4, -0.2) is 40.0 Å². The fraction of sp³-hybridized carbons (Fsp3) is 0.462. The van der Waals surface area contributed by atoms with Crippen LogP contribution in [0.25, 0.3) is 0 Å². The van der Waals surface area contributed by atoms with E-state index in [1.165, 1.54) is 4.31 Å². The number of hydrogen-bond donors (Lipinski definition) is 0. The second-order valence-electron chi connectivity index (χ2n) is 4.19.